The zero-order chi connectivity index (χ0) is 9.36. The first-order valence-electron chi connectivity index (χ1n) is 4.31. The SMILES string of the molecule is C=CCSCCNCc1ccn[nH]1.Cl. The number of halogens is 1. The van der Waals surface area contributed by atoms with E-state index in [1.165, 1.54) is 0 Å². The van der Waals surface area contributed by atoms with Gasteiger partial charge in [-0.05, 0) is 6.07 Å². The molecule has 14 heavy (non-hydrogen) atoms. The molecule has 1 aromatic heterocycles. The fraction of sp³-hybridized carbons (Fsp3) is 0.444. The molecule has 0 saturated carbocycles. The topological polar surface area (TPSA) is 40.7 Å². The third-order valence-electron chi connectivity index (χ3n) is 1.53. The molecule has 0 aliphatic heterocycles. The Bertz CT molecular complexity index is 226. The van der Waals surface area contributed by atoms with Crippen molar-refractivity contribution in [2.75, 3.05) is 18.1 Å². The highest BCUT2D eigenvalue weighted by molar-refractivity contribution is 7.99. The summed E-state index contributed by atoms with van der Waals surface area (Å²) >= 11 is 1.88. The highest BCUT2D eigenvalue weighted by Gasteiger charge is 1.91. The van der Waals surface area contributed by atoms with Gasteiger partial charge in [0.25, 0.3) is 0 Å². The molecule has 0 bridgehead atoms. The fourth-order valence-corrected chi connectivity index (χ4v) is 1.54. The normalized spacial score (nSPS) is 9.43. The Kier molecular flexibility index (Phi) is 8.83. The summed E-state index contributed by atoms with van der Waals surface area (Å²) in [5.41, 5.74) is 1.13. The zero-order valence-corrected chi connectivity index (χ0v) is 9.66. The number of nitrogens with one attached hydrogen (secondary N) is 2. The predicted octanol–water partition coefficient (Wildman–Crippen LogP) is 1.84. The minimum atomic E-state index is 0. The summed E-state index contributed by atoms with van der Waals surface area (Å²) in [7, 11) is 0. The number of aromatic amines is 1. The Balaban J connectivity index is 0.00000169. The van der Waals surface area contributed by atoms with Gasteiger partial charge in [0.15, 0.2) is 0 Å². The molecule has 0 fully saturated rings. The molecule has 0 aliphatic rings. The van der Waals surface area contributed by atoms with E-state index in [0.29, 0.717) is 0 Å². The van der Waals surface area contributed by atoms with Crippen molar-refractivity contribution in [2.45, 2.75) is 6.54 Å². The second kappa shape index (κ2) is 9.12. The average molecular weight is 234 g/mol. The summed E-state index contributed by atoms with van der Waals surface area (Å²) in [5, 5.41) is 10.1. The zero-order valence-electron chi connectivity index (χ0n) is 8.03. The number of hydrogen-bond acceptors (Lipinski definition) is 3. The third-order valence-corrected chi connectivity index (χ3v) is 2.50. The quantitative estimate of drug-likeness (QED) is 0.558. The maximum atomic E-state index is 3.87. The highest BCUT2D eigenvalue weighted by atomic mass is 35.5. The average Bonchev–Trinajstić information content (AvgIpc) is 2.63. The minimum absolute atomic E-state index is 0. The van der Waals surface area contributed by atoms with E-state index in [1.807, 2.05) is 23.9 Å². The van der Waals surface area contributed by atoms with E-state index in [-0.39, 0.29) is 12.4 Å². The maximum Gasteiger partial charge on any atom is 0.0490 e. The second-order valence-electron chi connectivity index (χ2n) is 2.62. The fourth-order valence-electron chi connectivity index (χ4n) is 0.917. The van der Waals surface area contributed by atoms with E-state index in [2.05, 4.69) is 22.1 Å². The van der Waals surface area contributed by atoms with E-state index in [1.54, 1.807) is 6.20 Å². The van der Waals surface area contributed by atoms with Crippen LogP contribution in [0.4, 0.5) is 0 Å². The van der Waals surface area contributed by atoms with Gasteiger partial charge in [-0.2, -0.15) is 16.9 Å². The summed E-state index contributed by atoms with van der Waals surface area (Å²) in [6.07, 6.45) is 3.70. The molecule has 80 valence electrons. The van der Waals surface area contributed by atoms with E-state index < -0.39 is 0 Å². The van der Waals surface area contributed by atoms with E-state index >= 15 is 0 Å². The van der Waals surface area contributed by atoms with Crippen LogP contribution in [0, 0.1) is 0 Å². The number of nitrogens with zero attached hydrogens (tertiary/aromatic N) is 1. The van der Waals surface area contributed by atoms with Crippen LogP contribution in [-0.4, -0.2) is 28.2 Å². The van der Waals surface area contributed by atoms with Crippen LogP contribution < -0.4 is 5.32 Å². The molecule has 0 spiro atoms. The largest absolute Gasteiger partial charge is 0.310 e. The number of hydrogen-bond donors (Lipinski definition) is 2. The Morgan fingerprint density at radius 1 is 1.64 bits per heavy atom. The second-order valence-corrected chi connectivity index (χ2v) is 3.77. The van der Waals surface area contributed by atoms with E-state index in [4.69, 9.17) is 0 Å². The molecule has 0 aliphatic carbocycles. The lowest BCUT2D eigenvalue weighted by molar-refractivity contribution is 0.712. The molecule has 5 heteroatoms. The maximum absolute atomic E-state index is 3.87. The molecule has 0 unspecified atom stereocenters. The predicted molar refractivity (Wildman–Crippen MR) is 65.1 cm³/mol. The minimum Gasteiger partial charge on any atom is -0.310 e. The molecule has 2 N–H and O–H groups in total. The van der Waals surface area contributed by atoms with Crippen LogP contribution in [0.1, 0.15) is 5.69 Å². The van der Waals surface area contributed by atoms with E-state index in [9.17, 15) is 0 Å². The van der Waals surface area contributed by atoms with Crippen LogP contribution in [0.5, 0.6) is 0 Å². The summed E-state index contributed by atoms with van der Waals surface area (Å²) in [4.78, 5) is 0. The van der Waals surface area contributed by atoms with Crippen LogP contribution in [0.2, 0.25) is 0 Å². The van der Waals surface area contributed by atoms with Crippen LogP contribution >= 0.6 is 24.2 Å². The van der Waals surface area contributed by atoms with Gasteiger partial charge in [-0.25, -0.2) is 0 Å². The summed E-state index contributed by atoms with van der Waals surface area (Å²) in [6, 6.07) is 1.98. The van der Waals surface area contributed by atoms with Gasteiger partial charge in [0.2, 0.25) is 0 Å². The van der Waals surface area contributed by atoms with Crippen LogP contribution in [0.3, 0.4) is 0 Å². The smallest absolute Gasteiger partial charge is 0.0490 e. The first-order chi connectivity index (χ1) is 6.43. The number of thioether (sulfide) groups is 1. The van der Waals surface area contributed by atoms with Crippen molar-refractivity contribution in [3.05, 3.63) is 30.6 Å². The Morgan fingerprint density at radius 3 is 3.14 bits per heavy atom. The lowest BCUT2D eigenvalue weighted by atomic mass is 10.4. The Labute approximate surface area is 95.2 Å². The molecular weight excluding hydrogens is 218 g/mol. The molecule has 3 nitrogen and oxygen atoms in total. The summed E-state index contributed by atoms with van der Waals surface area (Å²) in [5.74, 6) is 2.16. The molecule has 1 aromatic rings. The van der Waals surface area contributed by atoms with Crippen molar-refractivity contribution >= 4 is 24.2 Å². The molecule has 0 radical (unpaired) electrons. The first-order valence-corrected chi connectivity index (χ1v) is 5.46. The Morgan fingerprint density at radius 2 is 2.50 bits per heavy atom. The molecule has 1 rings (SSSR count). The lowest BCUT2D eigenvalue weighted by Gasteiger charge is -2.01. The van der Waals surface area contributed by atoms with Gasteiger partial charge < -0.3 is 5.32 Å². The van der Waals surface area contributed by atoms with Crippen LogP contribution in [0.25, 0.3) is 0 Å². The molecule has 0 atom stereocenters. The molecule has 0 saturated heterocycles. The molecular formula is C9H16ClN3S. The van der Waals surface area contributed by atoms with Crippen LogP contribution in [0.15, 0.2) is 24.9 Å². The number of H-pyrrole nitrogens is 1. The van der Waals surface area contributed by atoms with Gasteiger partial charge in [-0.1, -0.05) is 6.08 Å². The molecule has 0 amide bonds. The van der Waals surface area contributed by atoms with Gasteiger partial charge in [0.05, 0.1) is 0 Å². The summed E-state index contributed by atoms with van der Waals surface area (Å²) in [6.45, 7) is 5.56. The lowest BCUT2D eigenvalue weighted by Crippen LogP contribution is -2.16. The van der Waals surface area contributed by atoms with Gasteiger partial charge in [-0.3, -0.25) is 5.10 Å². The van der Waals surface area contributed by atoms with Crippen molar-refractivity contribution in [1.29, 1.82) is 0 Å². The van der Waals surface area contributed by atoms with E-state index in [0.717, 1.165) is 30.3 Å². The molecule has 0 aromatic carbocycles. The van der Waals surface area contributed by atoms with Gasteiger partial charge in [-0.15, -0.1) is 19.0 Å². The highest BCUT2D eigenvalue weighted by Crippen LogP contribution is 1.97. The van der Waals surface area contributed by atoms with Crippen molar-refractivity contribution in [2.24, 2.45) is 0 Å². The van der Waals surface area contributed by atoms with Gasteiger partial charge in [0, 0.05) is 36.5 Å². The van der Waals surface area contributed by atoms with Gasteiger partial charge >= 0.3 is 0 Å². The van der Waals surface area contributed by atoms with Crippen molar-refractivity contribution < 1.29 is 0 Å². The monoisotopic (exact) mass is 233 g/mol. The Hall–Kier alpha value is -0.450. The van der Waals surface area contributed by atoms with Crippen molar-refractivity contribution in [3.8, 4) is 0 Å². The number of aromatic nitrogens is 2. The first kappa shape index (κ1) is 13.5. The standard InChI is InChI=1S/C9H15N3S.ClH/c1-2-6-13-7-5-10-8-9-3-4-11-12-9;/h2-4,10H,1,5-8H2,(H,11,12);1H. The van der Waals surface area contributed by atoms with Gasteiger partial charge in [0.1, 0.15) is 0 Å². The van der Waals surface area contributed by atoms with Crippen LogP contribution in [-0.2, 0) is 6.54 Å². The summed E-state index contributed by atoms with van der Waals surface area (Å²) < 4.78 is 0. The van der Waals surface area contributed by atoms with Crippen molar-refractivity contribution in [1.82, 2.24) is 15.5 Å². The van der Waals surface area contributed by atoms with Crippen molar-refractivity contribution in [3.63, 3.8) is 0 Å². The number of rotatable bonds is 7. The molecule has 1 heterocycles. The third kappa shape index (κ3) is 6.07.